The average Bonchev–Trinajstić information content (AvgIpc) is 2.94. The van der Waals surface area contributed by atoms with Crippen molar-refractivity contribution >= 4 is 17.2 Å². The molecule has 0 bridgehead atoms. The number of hydrogen-bond donors (Lipinski definition) is 0. The van der Waals surface area contributed by atoms with Gasteiger partial charge in [-0.25, -0.2) is 4.98 Å². The van der Waals surface area contributed by atoms with Crippen molar-refractivity contribution in [3.05, 3.63) is 16.1 Å². The van der Waals surface area contributed by atoms with Crippen molar-refractivity contribution in [1.29, 1.82) is 0 Å². The molecule has 0 aliphatic carbocycles. The molecule has 1 aliphatic heterocycles. The minimum atomic E-state index is 0.317. The number of amides is 1. The van der Waals surface area contributed by atoms with Gasteiger partial charge in [-0.05, 0) is 31.6 Å². The zero-order chi connectivity index (χ0) is 14.5. The molecule has 1 unspecified atom stereocenters. The lowest BCUT2D eigenvalue weighted by atomic mass is 9.99. The predicted octanol–water partition coefficient (Wildman–Crippen LogP) is 3.99. The number of carbonyl (C=O) groups excluding carboxylic acids is 1. The van der Waals surface area contributed by atoms with Crippen molar-refractivity contribution in [3.63, 3.8) is 0 Å². The first-order valence-corrected chi connectivity index (χ1v) is 8.73. The molecule has 1 amide bonds. The highest BCUT2D eigenvalue weighted by molar-refractivity contribution is 7.09. The number of piperidine rings is 1. The molecule has 2 heterocycles. The lowest BCUT2D eigenvalue weighted by Crippen LogP contribution is -2.43. The minimum Gasteiger partial charge on any atom is -0.340 e. The molecule has 1 aliphatic rings. The Balaban J connectivity index is 1.87. The lowest BCUT2D eigenvalue weighted by molar-refractivity contribution is -0.134. The first-order valence-electron chi connectivity index (χ1n) is 7.85. The molecule has 4 heteroatoms. The first kappa shape index (κ1) is 15.5. The van der Waals surface area contributed by atoms with Gasteiger partial charge in [-0.3, -0.25) is 4.79 Å². The molecule has 0 radical (unpaired) electrons. The zero-order valence-corrected chi connectivity index (χ0v) is 13.7. The summed E-state index contributed by atoms with van der Waals surface area (Å²) in [5.41, 5.74) is 1.15. The summed E-state index contributed by atoms with van der Waals surface area (Å²) >= 11 is 1.69. The van der Waals surface area contributed by atoms with Crippen LogP contribution in [0.1, 0.15) is 69.5 Å². The molecule has 0 N–H and O–H groups in total. The van der Waals surface area contributed by atoms with Gasteiger partial charge < -0.3 is 4.90 Å². The molecule has 20 heavy (non-hydrogen) atoms. The van der Waals surface area contributed by atoms with Crippen LogP contribution < -0.4 is 0 Å². The number of nitrogens with zero attached hydrogens (tertiary/aromatic N) is 2. The Kier molecular flexibility index (Phi) is 5.58. The van der Waals surface area contributed by atoms with Crippen LogP contribution in [0, 0.1) is 0 Å². The SMILES string of the molecule is CCC1CCCCN1C(=O)CCc1nc(C(C)C)cs1. The van der Waals surface area contributed by atoms with Crippen molar-refractivity contribution < 1.29 is 4.79 Å². The van der Waals surface area contributed by atoms with Crippen molar-refractivity contribution in [3.8, 4) is 0 Å². The van der Waals surface area contributed by atoms with E-state index in [1.165, 1.54) is 12.8 Å². The summed E-state index contributed by atoms with van der Waals surface area (Å²) in [6, 6.07) is 0.471. The number of carbonyl (C=O) groups is 1. The van der Waals surface area contributed by atoms with E-state index in [2.05, 4.69) is 36.0 Å². The maximum atomic E-state index is 12.4. The molecule has 3 nitrogen and oxygen atoms in total. The number of rotatable bonds is 5. The smallest absolute Gasteiger partial charge is 0.223 e. The molecule has 1 fully saturated rings. The van der Waals surface area contributed by atoms with Crippen molar-refractivity contribution in [2.75, 3.05) is 6.54 Å². The fourth-order valence-electron chi connectivity index (χ4n) is 2.82. The third kappa shape index (κ3) is 3.81. The first-order chi connectivity index (χ1) is 9.61. The summed E-state index contributed by atoms with van der Waals surface area (Å²) in [5.74, 6) is 0.792. The highest BCUT2D eigenvalue weighted by Gasteiger charge is 2.24. The van der Waals surface area contributed by atoms with E-state index in [1.807, 2.05) is 0 Å². The summed E-state index contributed by atoms with van der Waals surface area (Å²) in [6.07, 6.45) is 6.10. The van der Waals surface area contributed by atoms with Crippen LogP contribution in [0.5, 0.6) is 0 Å². The summed E-state index contributed by atoms with van der Waals surface area (Å²) < 4.78 is 0. The van der Waals surface area contributed by atoms with E-state index in [-0.39, 0.29) is 0 Å². The fraction of sp³-hybridized carbons (Fsp3) is 0.750. The van der Waals surface area contributed by atoms with Gasteiger partial charge in [0.05, 0.1) is 10.7 Å². The molecule has 1 aromatic heterocycles. The van der Waals surface area contributed by atoms with Gasteiger partial charge in [-0.15, -0.1) is 11.3 Å². The fourth-order valence-corrected chi connectivity index (χ4v) is 3.78. The van der Waals surface area contributed by atoms with Gasteiger partial charge in [0.1, 0.15) is 0 Å². The van der Waals surface area contributed by atoms with E-state index < -0.39 is 0 Å². The minimum absolute atomic E-state index is 0.317. The molecule has 0 spiro atoms. The van der Waals surface area contributed by atoms with Gasteiger partial charge in [0.15, 0.2) is 0 Å². The Labute approximate surface area is 126 Å². The van der Waals surface area contributed by atoms with Crippen LogP contribution in [0.15, 0.2) is 5.38 Å². The number of aromatic nitrogens is 1. The lowest BCUT2D eigenvalue weighted by Gasteiger charge is -2.35. The monoisotopic (exact) mass is 294 g/mol. The van der Waals surface area contributed by atoms with E-state index in [0.717, 1.165) is 36.5 Å². The molecule has 112 valence electrons. The predicted molar refractivity (Wildman–Crippen MR) is 84.2 cm³/mol. The van der Waals surface area contributed by atoms with Crippen LogP contribution in [0.3, 0.4) is 0 Å². The van der Waals surface area contributed by atoms with Crippen LogP contribution in [-0.4, -0.2) is 28.4 Å². The van der Waals surface area contributed by atoms with E-state index in [1.54, 1.807) is 11.3 Å². The third-order valence-electron chi connectivity index (χ3n) is 4.13. The number of thiazole rings is 1. The second-order valence-electron chi connectivity index (χ2n) is 5.97. The van der Waals surface area contributed by atoms with Crippen molar-refractivity contribution in [2.45, 2.75) is 71.3 Å². The van der Waals surface area contributed by atoms with Crippen molar-refractivity contribution in [2.24, 2.45) is 0 Å². The Hall–Kier alpha value is -0.900. The highest BCUT2D eigenvalue weighted by atomic mass is 32.1. The summed E-state index contributed by atoms with van der Waals surface area (Å²) in [6.45, 7) is 7.45. The topological polar surface area (TPSA) is 33.2 Å². The Morgan fingerprint density at radius 1 is 1.50 bits per heavy atom. The number of aryl methyl sites for hydroxylation is 1. The molecule has 1 saturated heterocycles. The summed E-state index contributed by atoms with van der Waals surface area (Å²) in [7, 11) is 0. The van der Waals surface area contributed by atoms with Crippen LogP contribution in [0.25, 0.3) is 0 Å². The maximum absolute atomic E-state index is 12.4. The highest BCUT2D eigenvalue weighted by Crippen LogP contribution is 2.22. The largest absolute Gasteiger partial charge is 0.340 e. The van der Waals surface area contributed by atoms with E-state index in [0.29, 0.717) is 24.3 Å². The van der Waals surface area contributed by atoms with E-state index in [4.69, 9.17) is 0 Å². The van der Waals surface area contributed by atoms with Crippen LogP contribution in [-0.2, 0) is 11.2 Å². The molecule has 1 aromatic rings. The standard InChI is InChI=1S/C16H26N2OS/c1-4-13-7-5-6-10-18(13)16(19)9-8-15-17-14(11-20-15)12(2)3/h11-13H,4-10H2,1-3H3. The quantitative estimate of drug-likeness (QED) is 0.822. The molecule has 0 aromatic carbocycles. The van der Waals surface area contributed by atoms with Gasteiger partial charge in [-0.2, -0.15) is 0 Å². The Morgan fingerprint density at radius 2 is 2.30 bits per heavy atom. The summed E-state index contributed by atoms with van der Waals surface area (Å²) in [4.78, 5) is 19.1. The molecular weight excluding hydrogens is 268 g/mol. The van der Waals surface area contributed by atoms with Gasteiger partial charge in [0.25, 0.3) is 0 Å². The molecule has 0 saturated carbocycles. The van der Waals surface area contributed by atoms with Crippen LogP contribution >= 0.6 is 11.3 Å². The molecular formula is C16H26N2OS. The number of likely N-dealkylation sites (tertiary alicyclic amines) is 1. The van der Waals surface area contributed by atoms with Gasteiger partial charge in [-0.1, -0.05) is 20.8 Å². The van der Waals surface area contributed by atoms with Crippen LogP contribution in [0.2, 0.25) is 0 Å². The van der Waals surface area contributed by atoms with Gasteiger partial charge >= 0.3 is 0 Å². The molecule has 1 atom stereocenters. The summed E-state index contributed by atoms with van der Waals surface area (Å²) in [5, 5.41) is 3.23. The average molecular weight is 294 g/mol. The number of hydrogen-bond acceptors (Lipinski definition) is 3. The second-order valence-corrected chi connectivity index (χ2v) is 6.91. The van der Waals surface area contributed by atoms with Gasteiger partial charge in [0.2, 0.25) is 5.91 Å². The van der Waals surface area contributed by atoms with E-state index >= 15 is 0 Å². The van der Waals surface area contributed by atoms with Gasteiger partial charge in [0, 0.05) is 30.8 Å². The normalized spacial score (nSPS) is 19.6. The second kappa shape index (κ2) is 7.21. The maximum Gasteiger partial charge on any atom is 0.223 e. The van der Waals surface area contributed by atoms with Crippen molar-refractivity contribution in [1.82, 2.24) is 9.88 Å². The Bertz CT molecular complexity index is 441. The Morgan fingerprint density at radius 3 is 2.95 bits per heavy atom. The molecule has 2 rings (SSSR count). The van der Waals surface area contributed by atoms with E-state index in [9.17, 15) is 4.79 Å². The van der Waals surface area contributed by atoms with Crippen LogP contribution in [0.4, 0.5) is 0 Å². The zero-order valence-electron chi connectivity index (χ0n) is 12.9. The third-order valence-corrected chi connectivity index (χ3v) is 5.06.